The van der Waals surface area contributed by atoms with Gasteiger partial charge in [-0.05, 0) is 50.5 Å². The van der Waals surface area contributed by atoms with Crippen molar-refractivity contribution in [3.05, 3.63) is 48.3 Å². The molecule has 0 aliphatic heterocycles. The predicted molar refractivity (Wildman–Crippen MR) is 89.7 cm³/mol. The maximum atomic E-state index is 11.8. The van der Waals surface area contributed by atoms with Crippen LogP contribution in [0.1, 0.15) is 31.4 Å². The minimum Gasteiger partial charge on any atom is -0.504 e. The molecule has 0 atom stereocenters. The number of para-hydroxylation sites is 2. The molecule has 0 fully saturated rings. The number of carbonyl (C=O) groups excluding carboxylic acids is 1. The standard InChI is InChI=1S/C18H22N2O3/c1-14-13-15(10-11-19-14)20-18(22)9-3-2-6-12-23-17-8-5-4-7-16(17)21/h4-5,7-8,10-11,13,21H,2-3,6,9,12H2,1H3,(H,19,20,22). The molecule has 1 aromatic heterocycles. The van der Waals surface area contributed by atoms with Gasteiger partial charge in [0, 0.05) is 24.0 Å². The third-order valence-electron chi connectivity index (χ3n) is 3.35. The number of rotatable bonds is 8. The zero-order chi connectivity index (χ0) is 16.5. The fraction of sp³-hybridized carbons (Fsp3) is 0.333. The van der Waals surface area contributed by atoms with Crippen LogP contribution in [0, 0.1) is 6.92 Å². The Morgan fingerprint density at radius 3 is 2.83 bits per heavy atom. The fourth-order valence-corrected chi connectivity index (χ4v) is 2.17. The summed E-state index contributed by atoms with van der Waals surface area (Å²) in [6.07, 6.45) is 4.71. The lowest BCUT2D eigenvalue weighted by molar-refractivity contribution is -0.116. The first-order chi connectivity index (χ1) is 11.1. The van der Waals surface area contributed by atoms with Gasteiger partial charge in [-0.3, -0.25) is 9.78 Å². The van der Waals surface area contributed by atoms with Gasteiger partial charge in [0.15, 0.2) is 11.5 Å². The quantitative estimate of drug-likeness (QED) is 0.729. The summed E-state index contributed by atoms with van der Waals surface area (Å²) in [5, 5.41) is 12.4. The average molecular weight is 314 g/mol. The van der Waals surface area contributed by atoms with Crippen LogP contribution in [0.3, 0.4) is 0 Å². The van der Waals surface area contributed by atoms with Crippen molar-refractivity contribution >= 4 is 11.6 Å². The molecule has 1 amide bonds. The molecule has 0 spiro atoms. The summed E-state index contributed by atoms with van der Waals surface area (Å²) < 4.78 is 5.50. The highest BCUT2D eigenvalue weighted by atomic mass is 16.5. The number of amides is 1. The van der Waals surface area contributed by atoms with E-state index < -0.39 is 0 Å². The van der Waals surface area contributed by atoms with Gasteiger partial charge in [0.25, 0.3) is 0 Å². The number of hydrogen-bond donors (Lipinski definition) is 2. The van der Waals surface area contributed by atoms with E-state index in [0.29, 0.717) is 18.8 Å². The lowest BCUT2D eigenvalue weighted by Crippen LogP contribution is -2.11. The summed E-state index contributed by atoms with van der Waals surface area (Å²) in [7, 11) is 0. The number of nitrogens with one attached hydrogen (secondary N) is 1. The first kappa shape index (κ1) is 16.8. The van der Waals surface area contributed by atoms with Gasteiger partial charge in [-0.25, -0.2) is 0 Å². The molecule has 5 nitrogen and oxygen atoms in total. The number of benzene rings is 1. The van der Waals surface area contributed by atoms with Crippen LogP contribution in [0.25, 0.3) is 0 Å². The summed E-state index contributed by atoms with van der Waals surface area (Å²) in [5.41, 5.74) is 1.66. The van der Waals surface area contributed by atoms with Gasteiger partial charge < -0.3 is 15.2 Å². The van der Waals surface area contributed by atoms with Crippen LogP contribution in [0.2, 0.25) is 0 Å². The number of aromatic hydroxyl groups is 1. The molecule has 1 aromatic carbocycles. The second-order valence-electron chi connectivity index (χ2n) is 5.36. The minimum atomic E-state index is 0.0113. The van der Waals surface area contributed by atoms with E-state index in [9.17, 15) is 9.90 Å². The molecule has 23 heavy (non-hydrogen) atoms. The van der Waals surface area contributed by atoms with Crippen molar-refractivity contribution in [3.63, 3.8) is 0 Å². The lowest BCUT2D eigenvalue weighted by Gasteiger charge is -2.08. The number of hydrogen-bond acceptors (Lipinski definition) is 4. The van der Waals surface area contributed by atoms with Crippen LogP contribution in [0.15, 0.2) is 42.6 Å². The van der Waals surface area contributed by atoms with Crippen molar-refractivity contribution < 1.29 is 14.6 Å². The largest absolute Gasteiger partial charge is 0.504 e. The molecule has 1 heterocycles. The van der Waals surface area contributed by atoms with Crippen LogP contribution < -0.4 is 10.1 Å². The van der Waals surface area contributed by atoms with Crippen LogP contribution in [-0.4, -0.2) is 22.6 Å². The number of aromatic nitrogens is 1. The second-order valence-corrected chi connectivity index (χ2v) is 5.36. The molecule has 0 bridgehead atoms. The van der Waals surface area contributed by atoms with Crippen molar-refractivity contribution in [3.8, 4) is 11.5 Å². The van der Waals surface area contributed by atoms with Gasteiger partial charge in [-0.15, -0.1) is 0 Å². The third-order valence-corrected chi connectivity index (χ3v) is 3.35. The highest BCUT2D eigenvalue weighted by Crippen LogP contribution is 2.24. The molecule has 2 rings (SSSR count). The SMILES string of the molecule is Cc1cc(NC(=O)CCCCCOc2ccccc2O)ccn1. The van der Waals surface area contributed by atoms with Crippen LogP contribution in [0.4, 0.5) is 5.69 Å². The molecule has 0 aliphatic rings. The minimum absolute atomic E-state index is 0.0113. The highest BCUT2D eigenvalue weighted by Gasteiger charge is 2.03. The summed E-state index contributed by atoms with van der Waals surface area (Å²) in [4.78, 5) is 15.9. The van der Waals surface area contributed by atoms with E-state index >= 15 is 0 Å². The van der Waals surface area contributed by atoms with Crippen molar-refractivity contribution in [1.29, 1.82) is 0 Å². The van der Waals surface area contributed by atoms with Crippen molar-refractivity contribution in [2.24, 2.45) is 0 Å². The number of ether oxygens (including phenoxy) is 1. The van der Waals surface area contributed by atoms with E-state index in [2.05, 4.69) is 10.3 Å². The van der Waals surface area contributed by atoms with Gasteiger partial charge in [0.05, 0.1) is 6.61 Å². The molecular weight excluding hydrogens is 292 g/mol. The number of phenolic OH excluding ortho intramolecular Hbond substituents is 1. The van der Waals surface area contributed by atoms with Crippen molar-refractivity contribution in [2.75, 3.05) is 11.9 Å². The van der Waals surface area contributed by atoms with Crippen molar-refractivity contribution in [2.45, 2.75) is 32.6 Å². The van der Waals surface area contributed by atoms with E-state index in [1.54, 1.807) is 30.5 Å². The molecule has 2 aromatic rings. The van der Waals surface area contributed by atoms with E-state index in [-0.39, 0.29) is 11.7 Å². The Hall–Kier alpha value is -2.56. The maximum Gasteiger partial charge on any atom is 0.224 e. The van der Waals surface area contributed by atoms with E-state index in [4.69, 9.17) is 4.74 Å². The summed E-state index contributed by atoms with van der Waals surface area (Å²) >= 11 is 0. The van der Waals surface area contributed by atoms with Crippen LogP contribution in [0.5, 0.6) is 11.5 Å². The normalized spacial score (nSPS) is 10.3. The molecule has 0 saturated carbocycles. The topological polar surface area (TPSA) is 71.5 Å². The molecular formula is C18H22N2O3. The smallest absolute Gasteiger partial charge is 0.224 e. The predicted octanol–water partition coefficient (Wildman–Crippen LogP) is 3.67. The number of anilines is 1. The fourth-order valence-electron chi connectivity index (χ4n) is 2.17. The second kappa shape index (κ2) is 8.78. The maximum absolute atomic E-state index is 11.8. The number of aryl methyl sites for hydroxylation is 1. The van der Waals surface area contributed by atoms with E-state index in [0.717, 1.165) is 30.6 Å². The van der Waals surface area contributed by atoms with Gasteiger partial charge in [-0.1, -0.05) is 12.1 Å². The van der Waals surface area contributed by atoms with Gasteiger partial charge in [-0.2, -0.15) is 0 Å². The van der Waals surface area contributed by atoms with Crippen LogP contribution in [-0.2, 0) is 4.79 Å². The van der Waals surface area contributed by atoms with E-state index in [1.165, 1.54) is 0 Å². The summed E-state index contributed by atoms with van der Waals surface area (Å²) in [6, 6.07) is 10.5. The Labute approximate surface area is 136 Å². The molecule has 0 aliphatic carbocycles. The van der Waals surface area contributed by atoms with Gasteiger partial charge in [0.2, 0.25) is 5.91 Å². The Balaban J connectivity index is 1.58. The molecule has 2 N–H and O–H groups in total. The number of pyridine rings is 1. The first-order valence-corrected chi connectivity index (χ1v) is 7.78. The number of phenols is 1. The molecule has 122 valence electrons. The number of nitrogens with zero attached hydrogens (tertiary/aromatic N) is 1. The monoisotopic (exact) mass is 314 g/mol. The summed E-state index contributed by atoms with van der Waals surface area (Å²) in [5.74, 6) is 0.662. The molecule has 5 heteroatoms. The Bertz CT molecular complexity index is 644. The van der Waals surface area contributed by atoms with Gasteiger partial charge >= 0.3 is 0 Å². The third kappa shape index (κ3) is 5.98. The van der Waals surface area contributed by atoms with Gasteiger partial charge in [0.1, 0.15) is 0 Å². The molecule has 0 radical (unpaired) electrons. The zero-order valence-electron chi connectivity index (χ0n) is 13.3. The Kier molecular flexibility index (Phi) is 6.41. The lowest BCUT2D eigenvalue weighted by atomic mass is 10.2. The number of carbonyl (C=O) groups is 1. The highest BCUT2D eigenvalue weighted by molar-refractivity contribution is 5.90. The summed E-state index contributed by atoms with van der Waals surface area (Å²) in [6.45, 7) is 2.42. The van der Waals surface area contributed by atoms with Crippen LogP contribution >= 0.6 is 0 Å². The average Bonchev–Trinajstić information content (AvgIpc) is 2.52. The molecule has 0 saturated heterocycles. The first-order valence-electron chi connectivity index (χ1n) is 7.78. The zero-order valence-corrected chi connectivity index (χ0v) is 13.3. The van der Waals surface area contributed by atoms with Crippen molar-refractivity contribution in [1.82, 2.24) is 4.98 Å². The number of unbranched alkanes of at least 4 members (excludes halogenated alkanes) is 2. The Morgan fingerprint density at radius 1 is 1.22 bits per heavy atom. The Morgan fingerprint density at radius 2 is 2.04 bits per heavy atom. The van der Waals surface area contributed by atoms with E-state index in [1.807, 2.05) is 19.1 Å². The molecule has 0 unspecified atom stereocenters.